The minimum atomic E-state index is -0.663. The van der Waals surface area contributed by atoms with Gasteiger partial charge in [-0.1, -0.05) is 42.5 Å². The molecular formula is C29H24FNO5. The predicted octanol–water partition coefficient (Wildman–Crippen LogP) is 5.24. The molecule has 1 saturated heterocycles. The summed E-state index contributed by atoms with van der Waals surface area (Å²) in [4.78, 5) is 28.7. The van der Waals surface area contributed by atoms with Gasteiger partial charge < -0.3 is 18.8 Å². The van der Waals surface area contributed by atoms with Gasteiger partial charge in [0.15, 0.2) is 5.43 Å². The summed E-state index contributed by atoms with van der Waals surface area (Å²) in [5.74, 6) is -0.220. The van der Waals surface area contributed by atoms with Crippen LogP contribution in [0.3, 0.4) is 0 Å². The fourth-order valence-corrected chi connectivity index (χ4v) is 5.02. The van der Waals surface area contributed by atoms with Crippen molar-refractivity contribution in [2.45, 2.75) is 31.6 Å². The lowest BCUT2D eigenvalue weighted by atomic mass is 9.98. The van der Waals surface area contributed by atoms with Crippen LogP contribution in [0, 0.1) is 5.82 Å². The summed E-state index contributed by atoms with van der Waals surface area (Å²) >= 11 is 0. The molecule has 3 heterocycles. The number of carbonyl (C=O) groups excluding carboxylic acids is 1. The van der Waals surface area contributed by atoms with Crippen molar-refractivity contribution in [3.63, 3.8) is 0 Å². The van der Waals surface area contributed by atoms with Crippen LogP contribution in [0.25, 0.3) is 11.0 Å². The average molecular weight is 486 g/mol. The van der Waals surface area contributed by atoms with E-state index in [0.717, 1.165) is 30.0 Å². The summed E-state index contributed by atoms with van der Waals surface area (Å²) in [6, 6.07) is 20.3. The van der Waals surface area contributed by atoms with E-state index >= 15 is 0 Å². The van der Waals surface area contributed by atoms with Crippen molar-refractivity contribution in [1.82, 2.24) is 4.90 Å². The summed E-state index contributed by atoms with van der Waals surface area (Å²) in [6.45, 7) is 1.42. The Hall–Kier alpha value is -3.97. The highest BCUT2D eigenvalue weighted by atomic mass is 19.1. The van der Waals surface area contributed by atoms with E-state index < -0.39 is 17.3 Å². The molecule has 2 aliphatic rings. The second-order valence-electron chi connectivity index (χ2n) is 9.15. The summed E-state index contributed by atoms with van der Waals surface area (Å²) in [6.07, 6.45) is 1.66. The number of halogens is 1. The molecule has 0 N–H and O–H groups in total. The molecule has 4 aromatic rings. The first-order valence-corrected chi connectivity index (χ1v) is 12.0. The molecule has 2 unspecified atom stereocenters. The monoisotopic (exact) mass is 485 g/mol. The number of ether oxygens (including phenoxy) is 2. The Morgan fingerprint density at radius 3 is 2.56 bits per heavy atom. The fourth-order valence-electron chi connectivity index (χ4n) is 5.02. The normalized spacial score (nSPS) is 19.1. The number of rotatable bonds is 6. The number of hydrogen-bond acceptors (Lipinski definition) is 5. The van der Waals surface area contributed by atoms with Crippen LogP contribution >= 0.6 is 0 Å². The van der Waals surface area contributed by atoms with E-state index in [2.05, 4.69) is 0 Å². The van der Waals surface area contributed by atoms with Gasteiger partial charge in [-0.2, -0.15) is 0 Å². The van der Waals surface area contributed by atoms with Gasteiger partial charge in [-0.05, 0) is 54.3 Å². The molecule has 0 spiro atoms. The van der Waals surface area contributed by atoms with Gasteiger partial charge in [0.1, 0.15) is 23.8 Å². The predicted molar refractivity (Wildman–Crippen MR) is 132 cm³/mol. The number of nitrogens with zero attached hydrogens (tertiary/aromatic N) is 1. The van der Waals surface area contributed by atoms with Gasteiger partial charge in [-0.25, -0.2) is 4.39 Å². The SMILES string of the molecule is O=C1c2oc3ccc(F)cc3c(=O)c2C(c2ccc(OCc3ccccc3)cc2)N1CC1CCCO1. The van der Waals surface area contributed by atoms with Crippen LogP contribution in [-0.2, 0) is 11.3 Å². The van der Waals surface area contributed by atoms with Crippen molar-refractivity contribution in [2.24, 2.45) is 0 Å². The zero-order valence-corrected chi connectivity index (χ0v) is 19.5. The fraction of sp³-hybridized carbons (Fsp3) is 0.241. The van der Waals surface area contributed by atoms with Crippen molar-refractivity contribution >= 4 is 16.9 Å². The van der Waals surface area contributed by atoms with Crippen LogP contribution in [0.5, 0.6) is 5.75 Å². The quantitative estimate of drug-likeness (QED) is 0.374. The smallest absolute Gasteiger partial charge is 0.291 e. The topological polar surface area (TPSA) is 69.0 Å². The minimum absolute atomic E-state index is 0.00603. The molecule has 1 fully saturated rings. The number of fused-ring (bicyclic) bond motifs is 2. The molecule has 6 rings (SSSR count). The molecule has 0 saturated carbocycles. The molecule has 2 aliphatic heterocycles. The van der Waals surface area contributed by atoms with Gasteiger partial charge in [0, 0.05) is 13.2 Å². The van der Waals surface area contributed by atoms with Crippen LogP contribution in [-0.4, -0.2) is 30.1 Å². The Labute approximate surface area is 206 Å². The lowest BCUT2D eigenvalue weighted by molar-refractivity contribution is 0.0486. The highest BCUT2D eigenvalue weighted by Gasteiger charge is 2.44. The number of carbonyl (C=O) groups is 1. The summed E-state index contributed by atoms with van der Waals surface area (Å²) < 4.78 is 31.5. The zero-order chi connectivity index (χ0) is 24.6. The largest absolute Gasteiger partial charge is 0.489 e. The highest BCUT2D eigenvalue weighted by molar-refractivity contribution is 5.99. The molecule has 2 atom stereocenters. The van der Waals surface area contributed by atoms with E-state index in [0.29, 0.717) is 25.5 Å². The van der Waals surface area contributed by atoms with Gasteiger partial charge in [0.2, 0.25) is 5.76 Å². The maximum Gasteiger partial charge on any atom is 0.291 e. The van der Waals surface area contributed by atoms with Gasteiger partial charge in [-0.15, -0.1) is 0 Å². The van der Waals surface area contributed by atoms with Crippen molar-refractivity contribution in [1.29, 1.82) is 0 Å². The molecule has 0 radical (unpaired) electrons. The maximum atomic E-state index is 14.0. The van der Waals surface area contributed by atoms with Gasteiger partial charge in [0.25, 0.3) is 5.91 Å². The molecule has 7 heteroatoms. The molecule has 182 valence electrons. The van der Waals surface area contributed by atoms with E-state index in [1.807, 2.05) is 54.6 Å². The van der Waals surface area contributed by atoms with Crippen molar-refractivity contribution in [2.75, 3.05) is 13.2 Å². The van der Waals surface area contributed by atoms with Crippen LogP contribution in [0.1, 0.15) is 46.1 Å². The van der Waals surface area contributed by atoms with E-state index in [1.165, 1.54) is 12.1 Å². The lowest BCUT2D eigenvalue weighted by Crippen LogP contribution is -2.36. The summed E-state index contributed by atoms with van der Waals surface area (Å²) in [5, 5.41) is 0.119. The van der Waals surface area contributed by atoms with Crippen molar-refractivity contribution in [3.05, 3.63) is 111 Å². The first kappa shape index (κ1) is 22.5. The number of amides is 1. The number of hydrogen-bond donors (Lipinski definition) is 0. The Balaban J connectivity index is 1.38. The van der Waals surface area contributed by atoms with Crippen LogP contribution in [0.2, 0.25) is 0 Å². The van der Waals surface area contributed by atoms with E-state index in [1.54, 1.807) is 4.90 Å². The summed E-state index contributed by atoms with van der Waals surface area (Å²) in [5.41, 5.74) is 1.82. The molecule has 1 amide bonds. The van der Waals surface area contributed by atoms with Gasteiger partial charge in [0.05, 0.1) is 23.1 Å². The van der Waals surface area contributed by atoms with Gasteiger partial charge >= 0.3 is 0 Å². The molecule has 0 aliphatic carbocycles. The van der Waals surface area contributed by atoms with Crippen molar-refractivity contribution < 1.29 is 23.1 Å². The zero-order valence-electron chi connectivity index (χ0n) is 19.5. The van der Waals surface area contributed by atoms with Crippen LogP contribution < -0.4 is 10.2 Å². The van der Waals surface area contributed by atoms with Gasteiger partial charge in [-0.3, -0.25) is 9.59 Å². The molecule has 1 aromatic heterocycles. The third-order valence-corrected chi connectivity index (χ3v) is 6.80. The third-order valence-electron chi connectivity index (χ3n) is 6.80. The standard InChI is InChI=1S/C29H24FNO5/c30-20-10-13-24-23(15-20)27(32)25-26(31(29(33)28(25)36-24)16-22-7-4-14-34-22)19-8-11-21(12-9-19)35-17-18-5-2-1-3-6-18/h1-3,5-6,8-13,15,22,26H,4,7,14,16-17H2. The van der Waals surface area contributed by atoms with Crippen LogP contribution in [0.4, 0.5) is 4.39 Å². The molecule has 3 aromatic carbocycles. The molecule has 0 bridgehead atoms. The Morgan fingerprint density at radius 2 is 1.81 bits per heavy atom. The highest BCUT2D eigenvalue weighted by Crippen LogP contribution is 2.39. The summed E-state index contributed by atoms with van der Waals surface area (Å²) in [7, 11) is 0. The van der Waals surface area contributed by atoms with E-state index in [-0.39, 0.29) is 34.3 Å². The molecule has 6 nitrogen and oxygen atoms in total. The Morgan fingerprint density at radius 1 is 1.00 bits per heavy atom. The maximum absolute atomic E-state index is 14.0. The minimum Gasteiger partial charge on any atom is -0.489 e. The second-order valence-corrected chi connectivity index (χ2v) is 9.15. The molecular weight excluding hydrogens is 461 g/mol. The first-order chi connectivity index (χ1) is 17.6. The van der Waals surface area contributed by atoms with Crippen molar-refractivity contribution in [3.8, 4) is 5.75 Å². The first-order valence-electron chi connectivity index (χ1n) is 12.0. The average Bonchev–Trinajstić information content (AvgIpc) is 3.51. The Bertz CT molecular complexity index is 1480. The molecule has 36 heavy (non-hydrogen) atoms. The van der Waals surface area contributed by atoms with E-state index in [9.17, 15) is 14.0 Å². The van der Waals surface area contributed by atoms with Crippen LogP contribution in [0.15, 0.2) is 82.0 Å². The third kappa shape index (κ3) is 4.05. The number of benzene rings is 3. The Kier molecular flexibility index (Phi) is 5.77. The lowest BCUT2D eigenvalue weighted by Gasteiger charge is -2.27. The van der Waals surface area contributed by atoms with E-state index in [4.69, 9.17) is 13.9 Å². The second kappa shape index (κ2) is 9.24.